The van der Waals surface area contributed by atoms with Crippen molar-refractivity contribution in [3.8, 4) is 0 Å². The van der Waals surface area contributed by atoms with Crippen LogP contribution in [0.4, 0.5) is 0 Å². The van der Waals surface area contributed by atoms with Gasteiger partial charge in [-0.05, 0) is 13.3 Å². The van der Waals surface area contributed by atoms with E-state index >= 15 is 0 Å². The van der Waals surface area contributed by atoms with E-state index in [1.807, 2.05) is 11.6 Å². The zero-order chi connectivity index (χ0) is 11.2. The Kier molecular flexibility index (Phi) is 5.71. The molecule has 0 spiro atoms. The Labute approximate surface area is 85.1 Å². The second-order valence-corrected chi connectivity index (χ2v) is 5.19. The van der Waals surface area contributed by atoms with Gasteiger partial charge in [0.25, 0.3) is 0 Å². The summed E-state index contributed by atoms with van der Waals surface area (Å²) in [5, 5.41) is 0. The Hall–Kier alpha value is -0.620. The molecular formula is C8H18N2O3S. The van der Waals surface area contributed by atoms with E-state index in [1.165, 1.54) is 6.92 Å². The Morgan fingerprint density at radius 2 is 2.00 bits per heavy atom. The van der Waals surface area contributed by atoms with Gasteiger partial charge >= 0.3 is 0 Å². The molecule has 0 aliphatic heterocycles. The molecule has 14 heavy (non-hydrogen) atoms. The normalized spacial score (nSPS) is 13.6. The van der Waals surface area contributed by atoms with E-state index in [0.717, 1.165) is 12.8 Å². The first-order chi connectivity index (χ1) is 6.41. The van der Waals surface area contributed by atoms with Gasteiger partial charge in [-0.15, -0.1) is 0 Å². The molecule has 1 amide bonds. The third-order valence-electron chi connectivity index (χ3n) is 1.76. The van der Waals surface area contributed by atoms with Gasteiger partial charge in [-0.1, -0.05) is 13.3 Å². The van der Waals surface area contributed by atoms with Crippen LogP contribution in [0.1, 0.15) is 33.1 Å². The minimum Gasteiger partial charge on any atom is -0.327 e. The van der Waals surface area contributed by atoms with Gasteiger partial charge in [0, 0.05) is 12.5 Å². The number of nitrogens with one attached hydrogen (secondary N) is 1. The lowest BCUT2D eigenvalue weighted by atomic mass is 10.1. The van der Waals surface area contributed by atoms with Gasteiger partial charge in [-0.2, -0.15) is 0 Å². The summed E-state index contributed by atoms with van der Waals surface area (Å²) in [6.07, 6.45) is 1.67. The van der Waals surface area contributed by atoms with Gasteiger partial charge in [-0.25, -0.2) is 8.42 Å². The van der Waals surface area contributed by atoms with Crippen LogP contribution in [0.3, 0.4) is 0 Å². The van der Waals surface area contributed by atoms with Crippen LogP contribution in [0.25, 0.3) is 0 Å². The molecule has 0 aromatic carbocycles. The van der Waals surface area contributed by atoms with Crippen LogP contribution in [0.15, 0.2) is 0 Å². The number of carbonyl (C=O) groups excluding carboxylic acids is 1. The predicted molar refractivity (Wildman–Crippen MR) is 55.1 cm³/mol. The molecule has 1 atom stereocenters. The Balaban J connectivity index is 3.99. The largest absolute Gasteiger partial charge is 0.327 e. The predicted octanol–water partition coefficient (Wildman–Crippen LogP) is -0.0302. The standard InChI is InChI=1S/C8H18N2O3S/c1-3-5-7(9)6-8(11)10-14(12,13)4-2/h7H,3-6,9H2,1-2H3,(H,10,11). The van der Waals surface area contributed by atoms with Crippen molar-refractivity contribution in [3.05, 3.63) is 0 Å². The Bertz CT molecular complexity index is 274. The van der Waals surface area contributed by atoms with E-state index < -0.39 is 15.9 Å². The van der Waals surface area contributed by atoms with Crippen molar-refractivity contribution in [2.45, 2.75) is 39.2 Å². The van der Waals surface area contributed by atoms with Gasteiger partial charge in [0.05, 0.1) is 5.75 Å². The van der Waals surface area contributed by atoms with Crippen molar-refractivity contribution in [1.29, 1.82) is 0 Å². The summed E-state index contributed by atoms with van der Waals surface area (Å²) in [7, 11) is -3.43. The second-order valence-electron chi connectivity index (χ2n) is 3.18. The Morgan fingerprint density at radius 3 is 2.43 bits per heavy atom. The molecular weight excluding hydrogens is 204 g/mol. The van der Waals surface area contributed by atoms with E-state index in [9.17, 15) is 13.2 Å². The van der Waals surface area contributed by atoms with Crippen LogP contribution in [0, 0.1) is 0 Å². The van der Waals surface area contributed by atoms with Crippen molar-refractivity contribution < 1.29 is 13.2 Å². The molecule has 5 nitrogen and oxygen atoms in total. The number of sulfonamides is 1. The summed E-state index contributed by atoms with van der Waals surface area (Å²) in [5.41, 5.74) is 5.59. The van der Waals surface area contributed by atoms with Crippen LogP contribution in [0.2, 0.25) is 0 Å². The lowest BCUT2D eigenvalue weighted by Crippen LogP contribution is -2.36. The maximum Gasteiger partial charge on any atom is 0.234 e. The number of amides is 1. The minimum absolute atomic E-state index is 0.0626. The van der Waals surface area contributed by atoms with E-state index in [2.05, 4.69) is 0 Å². The molecule has 84 valence electrons. The van der Waals surface area contributed by atoms with Crippen molar-refractivity contribution in [2.24, 2.45) is 5.73 Å². The summed E-state index contributed by atoms with van der Waals surface area (Å²) in [6.45, 7) is 3.43. The average molecular weight is 222 g/mol. The molecule has 0 aromatic rings. The first-order valence-electron chi connectivity index (χ1n) is 4.70. The van der Waals surface area contributed by atoms with Crippen molar-refractivity contribution in [3.63, 3.8) is 0 Å². The molecule has 3 N–H and O–H groups in total. The summed E-state index contributed by atoms with van der Waals surface area (Å²) in [5.74, 6) is -0.616. The highest BCUT2D eigenvalue weighted by atomic mass is 32.2. The lowest BCUT2D eigenvalue weighted by Gasteiger charge is -2.09. The maximum absolute atomic E-state index is 11.1. The van der Waals surface area contributed by atoms with Crippen LogP contribution in [0.5, 0.6) is 0 Å². The molecule has 0 heterocycles. The Morgan fingerprint density at radius 1 is 1.43 bits per heavy atom. The summed E-state index contributed by atoms with van der Waals surface area (Å²) >= 11 is 0. The number of hydrogen-bond acceptors (Lipinski definition) is 4. The molecule has 0 aliphatic carbocycles. The molecule has 6 heteroatoms. The third-order valence-corrected chi connectivity index (χ3v) is 3.06. The SMILES string of the molecule is CCCC(N)CC(=O)NS(=O)(=O)CC. The van der Waals surface area contributed by atoms with E-state index in [1.54, 1.807) is 0 Å². The topological polar surface area (TPSA) is 89.3 Å². The maximum atomic E-state index is 11.1. The molecule has 0 radical (unpaired) electrons. The molecule has 0 rings (SSSR count). The molecule has 0 saturated heterocycles. The van der Waals surface area contributed by atoms with E-state index in [0.29, 0.717) is 0 Å². The molecule has 0 bridgehead atoms. The monoisotopic (exact) mass is 222 g/mol. The molecule has 0 fully saturated rings. The first kappa shape index (κ1) is 13.4. The summed E-state index contributed by atoms with van der Waals surface area (Å²) in [6, 6.07) is -0.257. The molecule has 1 unspecified atom stereocenters. The minimum atomic E-state index is -3.43. The fourth-order valence-electron chi connectivity index (χ4n) is 0.998. The highest BCUT2D eigenvalue weighted by Crippen LogP contribution is 1.98. The zero-order valence-corrected chi connectivity index (χ0v) is 9.43. The molecule has 0 saturated carbocycles. The van der Waals surface area contributed by atoms with Crippen molar-refractivity contribution in [2.75, 3.05) is 5.75 Å². The van der Waals surface area contributed by atoms with E-state index in [-0.39, 0.29) is 18.2 Å². The van der Waals surface area contributed by atoms with E-state index in [4.69, 9.17) is 5.73 Å². The fourth-order valence-corrected chi connectivity index (χ4v) is 1.57. The van der Waals surface area contributed by atoms with Crippen LogP contribution in [-0.2, 0) is 14.8 Å². The molecule has 0 aliphatic rings. The quantitative estimate of drug-likeness (QED) is 0.660. The van der Waals surface area contributed by atoms with Crippen molar-refractivity contribution >= 4 is 15.9 Å². The summed E-state index contributed by atoms with van der Waals surface area (Å²) in [4.78, 5) is 11.1. The molecule has 0 aromatic heterocycles. The number of hydrogen-bond donors (Lipinski definition) is 2. The van der Waals surface area contributed by atoms with Gasteiger partial charge in [-0.3, -0.25) is 9.52 Å². The van der Waals surface area contributed by atoms with Crippen LogP contribution < -0.4 is 10.5 Å². The highest BCUT2D eigenvalue weighted by Gasteiger charge is 2.14. The number of rotatable bonds is 6. The third kappa shape index (κ3) is 5.93. The number of nitrogens with two attached hydrogens (primary N) is 1. The lowest BCUT2D eigenvalue weighted by molar-refractivity contribution is -0.119. The van der Waals surface area contributed by atoms with Gasteiger partial charge in [0.2, 0.25) is 15.9 Å². The first-order valence-corrected chi connectivity index (χ1v) is 6.35. The highest BCUT2D eigenvalue weighted by molar-refractivity contribution is 7.90. The van der Waals surface area contributed by atoms with Gasteiger partial charge in [0.1, 0.15) is 0 Å². The smallest absolute Gasteiger partial charge is 0.234 e. The fraction of sp³-hybridized carbons (Fsp3) is 0.875. The van der Waals surface area contributed by atoms with Crippen LogP contribution in [-0.4, -0.2) is 26.1 Å². The van der Waals surface area contributed by atoms with Gasteiger partial charge < -0.3 is 5.73 Å². The van der Waals surface area contributed by atoms with Crippen LogP contribution >= 0.6 is 0 Å². The second kappa shape index (κ2) is 5.98. The average Bonchev–Trinajstić information content (AvgIpc) is 2.03. The van der Waals surface area contributed by atoms with Gasteiger partial charge in [0.15, 0.2) is 0 Å². The van der Waals surface area contributed by atoms with Crippen molar-refractivity contribution in [1.82, 2.24) is 4.72 Å². The summed E-state index contributed by atoms with van der Waals surface area (Å²) < 4.78 is 23.9. The number of carbonyl (C=O) groups is 1. The zero-order valence-electron chi connectivity index (χ0n) is 8.62.